The number of rotatable bonds is 4. The minimum Gasteiger partial charge on any atom is -0.387 e. The molecule has 1 aromatic rings. The average molecular weight is 301 g/mol. The van der Waals surface area contributed by atoms with E-state index in [1.54, 1.807) is 0 Å². The van der Waals surface area contributed by atoms with E-state index in [1.807, 2.05) is 52.0 Å². The number of carbonyl (C=O) groups excluding carboxylic acids is 1. The zero-order valence-electron chi connectivity index (χ0n) is 12.5. The van der Waals surface area contributed by atoms with Crippen LogP contribution < -0.4 is 11.1 Å². The van der Waals surface area contributed by atoms with Crippen molar-refractivity contribution in [3.63, 3.8) is 0 Å². The highest BCUT2D eigenvalue weighted by Gasteiger charge is 2.27. The molecule has 2 atom stereocenters. The zero-order chi connectivity index (χ0) is 14.6. The van der Waals surface area contributed by atoms with Crippen molar-refractivity contribution in [2.75, 3.05) is 6.54 Å². The second-order valence-electron chi connectivity index (χ2n) is 5.96. The number of benzene rings is 1. The van der Waals surface area contributed by atoms with Crippen LogP contribution in [0.3, 0.4) is 0 Å². The van der Waals surface area contributed by atoms with Gasteiger partial charge in [-0.05, 0) is 23.5 Å². The number of carbonyl (C=O) groups is 1. The van der Waals surface area contributed by atoms with E-state index in [9.17, 15) is 9.90 Å². The summed E-state index contributed by atoms with van der Waals surface area (Å²) in [5.41, 5.74) is 7.39. The van der Waals surface area contributed by atoms with Gasteiger partial charge in [-0.3, -0.25) is 4.79 Å². The highest BCUT2D eigenvalue weighted by Crippen LogP contribution is 2.18. The topological polar surface area (TPSA) is 75.3 Å². The van der Waals surface area contributed by atoms with Gasteiger partial charge in [0, 0.05) is 6.54 Å². The number of nitrogens with one attached hydrogen (secondary N) is 1. The van der Waals surface area contributed by atoms with Crippen LogP contribution >= 0.6 is 12.4 Å². The molecule has 0 aliphatic heterocycles. The van der Waals surface area contributed by atoms with Crippen LogP contribution in [0.2, 0.25) is 0 Å². The molecular weight excluding hydrogens is 276 g/mol. The van der Waals surface area contributed by atoms with E-state index in [-0.39, 0.29) is 30.3 Å². The van der Waals surface area contributed by atoms with Crippen LogP contribution in [0.15, 0.2) is 24.3 Å². The van der Waals surface area contributed by atoms with Gasteiger partial charge in [-0.1, -0.05) is 45.0 Å². The van der Waals surface area contributed by atoms with E-state index in [1.165, 1.54) is 0 Å². The second-order valence-corrected chi connectivity index (χ2v) is 5.96. The molecule has 114 valence electrons. The predicted molar refractivity (Wildman–Crippen MR) is 83.8 cm³/mol. The first-order chi connectivity index (χ1) is 8.73. The molecular formula is C15H25ClN2O2. The van der Waals surface area contributed by atoms with Crippen molar-refractivity contribution in [2.24, 2.45) is 11.1 Å². The van der Waals surface area contributed by atoms with E-state index >= 15 is 0 Å². The van der Waals surface area contributed by atoms with Crippen LogP contribution in [0.4, 0.5) is 0 Å². The Labute approximate surface area is 127 Å². The molecule has 1 unspecified atom stereocenters. The number of halogens is 1. The van der Waals surface area contributed by atoms with E-state index in [0.717, 1.165) is 11.1 Å². The summed E-state index contributed by atoms with van der Waals surface area (Å²) in [6, 6.07) is 6.99. The first kappa shape index (κ1) is 18.9. The Morgan fingerprint density at radius 2 is 1.90 bits per heavy atom. The molecule has 4 nitrogen and oxygen atoms in total. The largest absolute Gasteiger partial charge is 0.387 e. The monoisotopic (exact) mass is 300 g/mol. The summed E-state index contributed by atoms with van der Waals surface area (Å²) >= 11 is 0. The first-order valence-corrected chi connectivity index (χ1v) is 6.50. The molecule has 0 heterocycles. The van der Waals surface area contributed by atoms with Gasteiger partial charge >= 0.3 is 0 Å². The summed E-state index contributed by atoms with van der Waals surface area (Å²) < 4.78 is 0. The maximum absolute atomic E-state index is 11.9. The summed E-state index contributed by atoms with van der Waals surface area (Å²) in [6.07, 6.45) is -0.711. The molecule has 0 radical (unpaired) electrons. The SMILES string of the molecule is Cc1ccccc1C(O)CNC(=O)[C@@H](N)C(C)(C)C.Cl. The Kier molecular flexibility index (Phi) is 7.20. The van der Waals surface area contributed by atoms with Crippen molar-refractivity contribution in [1.29, 1.82) is 0 Å². The molecule has 0 aliphatic carbocycles. The molecule has 0 spiro atoms. The molecule has 0 aromatic heterocycles. The Bertz CT molecular complexity index is 444. The molecule has 1 rings (SSSR count). The van der Waals surface area contributed by atoms with Crippen molar-refractivity contribution in [2.45, 2.75) is 39.8 Å². The Morgan fingerprint density at radius 3 is 2.40 bits per heavy atom. The fraction of sp³-hybridized carbons (Fsp3) is 0.533. The maximum Gasteiger partial charge on any atom is 0.237 e. The maximum atomic E-state index is 11.9. The van der Waals surface area contributed by atoms with Gasteiger partial charge in [-0.25, -0.2) is 0 Å². The lowest BCUT2D eigenvalue weighted by Crippen LogP contribution is -2.49. The fourth-order valence-electron chi connectivity index (χ4n) is 1.77. The summed E-state index contributed by atoms with van der Waals surface area (Å²) in [5, 5.41) is 12.8. The van der Waals surface area contributed by atoms with Gasteiger partial charge in [0.15, 0.2) is 0 Å². The Hall–Kier alpha value is -1.10. The average Bonchev–Trinajstić information content (AvgIpc) is 2.34. The minimum atomic E-state index is -0.711. The summed E-state index contributed by atoms with van der Waals surface area (Å²) in [5.74, 6) is -0.236. The van der Waals surface area contributed by atoms with E-state index in [0.29, 0.717) is 0 Å². The van der Waals surface area contributed by atoms with Crippen molar-refractivity contribution in [3.8, 4) is 0 Å². The summed E-state index contributed by atoms with van der Waals surface area (Å²) in [4.78, 5) is 11.9. The summed E-state index contributed by atoms with van der Waals surface area (Å²) in [6.45, 7) is 7.84. The lowest BCUT2D eigenvalue weighted by molar-refractivity contribution is -0.125. The number of aliphatic hydroxyl groups excluding tert-OH is 1. The zero-order valence-corrected chi connectivity index (χ0v) is 13.3. The number of hydrogen-bond acceptors (Lipinski definition) is 3. The highest BCUT2D eigenvalue weighted by atomic mass is 35.5. The van der Waals surface area contributed by atoms with Gasteiger partial charge in [-0.15, -0.1) is 12.4 Å². The first-order valence-electron chi connectivity index (χ1n) is 6.50. The van der Waals surface area contributed by atoms with Gasteiger partial charge in [0.05, 0.1) is 12.1 Å². The number of aliphatic hydroxyl groups is 1. The van der Waals surface area contributed by atoms with Crippen LogP contribution in [0.5, 0.6) is 0 Å². The molecule has 1 amide bonds. The Balaban J connectivity index is 0.00000361. The van der Waals surface area contributed by atoms with E-state index in [4.69, 9.17) is 5.73 Å². The fourth-order valence-corrected chi connectivity index (χ4v) is 1.77. The predicted octanol–water partition coefficient (Wildman–Crippen LogP) is 1.94. The molecule has 0 bridgehead atoms. The van der Waals surface area contributed by atoms with Gasteiger partial charge in [0.1, 0.15) is 0 Å². The van der Waals surface area contributed by atoms with Crippen molar-refractivity contribution in [1.82, 2.24) is 5.32 Å². The number of hydrogen-bond donors (Lipinski definition) is 3. The van der Waals surface area contributed by atoms with Crippen LogP contribution in [0.25, 0.3) is 0 Å². The van der Waals surface area contributed by atoms with Crippen LogP contribution in [-0.2, 0) is 4.79 Å². The quantitative estimate of drug-likeness (QED) is 0.795. The van der Waals surface area contributed by atoms with Crippen molar-refractivity contribution in [3.05, 3.63) is 35.4 Å². The summed E-state index contributed by atoms with van der Waals surface area (Å²) in [7, 11) is 0. The third-order valence-electron chi connectivity index (χ3n) is 3.23. The van der Waals surface area contributed by atoms with Gasteiger partial charge in [0.25, 0.3) is 0 Å². The molecule has 0 saturated carbocycles. The third-order valence-corrected chi connectivity index (χ3v) is 3.23. The van der Waals surface area contributed by atoms with Crippen LogP contribution in [0, 0.1) is 12.3 Å². The lowest BCUT2D eigenvalue weighted by Gasteiger charge is -2.26. The molecule has 0 fully saturated rings. The third kappa shape index (κ3) is 5.12. The van der Waals surface area contributed by atoms with Gasteiger partial charge in [-0.2, -0.15) is 0 Å². The van der Waals surface area contributed by atoms with Crippen LogP contribution in [-0.4, -0.2) is 23.6 Å². The van der Waals surface area contributed by atoms with Gasteiger partial charge < -0.3 is 16.2 Å². The molecule has 5 heteroatoms. The Morgan fingerprint density at radius 1 is 1.35 bits per heavy atom. The van der Waals surface area contributed by atoms with Gasteiger partial charge in [0.2, 0.25) is 5.91 Å². The lowest BCUT2D eigenvalue weighted by atomic mass is 9.87. The number of amides is 1. The van der Waals surface area contributed by atoms with E-state index < -0.39 is 12.1 Å². The molecule has 1 aromatic carbocycles. The molecule has 0 aliphatic rings. The standard InChI is InChI=1S/C15H24N2O2.ClH/c1-10-7-5-6-8-11(10)12(18)9-17-14(19)13(16)15(2,3)4;/h5-8,12-13,18H,9,16H2,1-4H3,(H,17,19);1H/t12?,13-;/m1./s1. The second kappa shape index (κ2) is 7.62. The van der Waals surface area contributed by atoms with Crippen LogP contribution in [0.1, 0.15) is 38.0 Å². The minimum absolute atomic E-state index is 0. The number of aryl methyl sites for hydroxylation is 1. The van der Waals surface area contributed by atoms with Crippen molar-refractivity contribution < 1.29 is 9.90 Å². The van der Waals surface area contributed by atoms with E-state index in [2.05, 4.69) is 5.32 Å². The molecule has 4 N–H and O–H groups in total. The smallest absolute Gasteiger partial charge is 0.237 e. The van der Waals surface area contributed by atoms with Crippen molar-refractivity contribution >= 4 is 18.3 Å². The number of nitrogens with two attached hydrogens (primary N) is 1. The normalized spacial score (nSPS) is 14.1. The molecule has 20 heavy (non-hydrogen) atoms. The molecule has 0 saturated heterocycles. The highest BCUT2D eigenvalue weighted by molar-refractivity contribution is 5.85.